The van der Waals surface area contributed by atoms with Gasteiger partial charge in [-0.3, -0.25) is 43.9 Å². The van der Waals surface area contributed by atoms with E-state index in [1.54, 1.807) is 79.4 Å². The number of anilines is 1. The molecule has 0 spiro atoms. The van der Waals surface area contributed by atoms with Crippen LogP contribution in [-0.4, -0.2) is 157 Å². The molecule has 2 unspecified atom stereocenters. The highest BCUT2D eigenvalue weighted by molar-refractivity contribution is 7.09. The number of nitrogens with zero attached hydrogens (tertiary/aromatic N) is 4. The van der Waals surface area contributed by atoms with E-state index in [1.165, 1.54) is 18.4 Å². The van der Waals surface area contributed by atoms with Gasteiger partial charge < -0.3 is 51.8 Å². The summed E-state index contributed by atoms with van der Waals surface area (Å²) in [4.78, 5) is 118. The van der Waals surface area contributed by atoms with Crippen LogP contribution in [0, 0.1) is 29.6 Å². The van der Waals surface area contributed by atoms with Crippen LogP contribution in [0.4, 0.5) is 15.3 Å². The zero-order valence-electron chi connectivity index (χ0n) is 50.8. The number of amides is 9. The highest BCUT2D eigenvalue weighted by Gasteiger charge is 2.44. The van der Waals surface area contributed by atoms with Gasteiger partial charge in [-0.1, -0.05) is 111 Å². The molecule has 1 aliphatic heterocycles. The number of nitrogens with one attached hydrogen (secondary N) is 5. The van der Waals surface area contributed by atoms with Gasteiger partial charge in [0.15, 0.2) is 0 Å². The van der Waals surface area contributed by atoms with E-state index < -0.39 is 90.0 Å². The van der Waals surface area contributed by atoms with E-state index in [2.05, 4.69) is 31.6 Å². The molecule has 0 aliphatic carbocycles. The average Bonchev–Trinajstić information content (AvgIpc) is 4.07. The summed E-state index contributed by atoms with van der Waals surface area (Å²) < 4.78 is 17.9. The largest absolute Gasteiger partial charge is 0.445 e. The Bertz CT molecular complexity index is 2560. The number of hydrogen-bond donors (Lipinski definition) is 7. The fourth-order valence-electron chi connectivity index (χ4n) is 10.9. The molecule has 1 aromatic heterocycles. The number of methoxy groups -OCH3 is 2. The summed E-state index contributed by atoms with van der Waals surface area (Å²) in [5, 5.41) is 16.5. The van der Waals surface area contributed by atoms with Crippen molar-refractivity contribution in [3.63, 3.8) is 0 Å². The molecule has 9 N–H and O–H groups in total. The van der Waals surface area contributed by atoms with Gasteiger partial charge in [-0.15, -0.1) is 11.3 Å². The van der Waals surface area contributed by atoms with Gasteiger partial charge in [-0.2, -0.15) is 0 Å². The maximum Gasteiger partial charge on any atom is 0.410 e. The molecule has 2 heterocycles. The summed E-state index contributed by atoms with van der Waals surface area (Å²) >= 11 is 1.48. The topological polar surface area (TPSA) is 299 Å². The lowest BCUT2D eigenvalue weighted by Gasteiger charge is -2.43. The van der Waals surface area contributed by atoms with Crippen LogP contribution in [0.15, 0.2) is 66.2 Å². The number of carbonyl (C=O) groups is 8. The number of imide groups is 1. The Morgan fingerprint density at radius 1 is 0.795 bits per heavy atom. The van der Waals surface area contributed by atoms with Crippen LogP contribution in [0.5, 0.6) is 0 Å². The number of likely N-dealkylation sites (N-methyl/N-ethyl adjacent to an activating group) is 2. The smallest absolute Gasteiger partial charge is 0.410 e. The van der Waals surface area contributed by atoms with E-state index in [0.717, 1.165) is 21.9 Å². The van der Waals surface area contributed by atoms with Gasteiger partial charge in [0.05, 0.1) is 48.7 Å². The second kappa shape index (κ2) is 33.7. The first-order valence-electron chi connectivity index (χ1n) is 28.9. The fourth-order valence-corrected chi connectivity index (χ4v) is 11.6. The van der Waals surface area contributed by atoms with Gasteiger partial charge in [0.2, 0.25) is 35.4 Å². The zero-order chi connectivity index (χ0) is 61.7. The van der Waals surface area contributed by atoms with Crippen molar-refractivity contribution < 1.29 is 52.6 Å². The summed E-state index contributed by atoms with van der Waals surface area (Å²) in [6.45, 7) is 17.2. The van der Waals surface area contributed by atoms with Gasteiger partial charge >= 0.3 is 12.1 Å². The van der Waals surface area contributed by atoms with Gasteiger partial charge in [0.1, 0.15) is 23.7 Å². The van der Waals surface area contributed by atoms with Crippen molar-refractivity contribution >= 4 is 64.6 Å². The minimum atomic E-state index is -1.11. The normalized spacial score (nSPS) is 17.1. The molecule has 4 rings (SSSR count). The van der Waals surface area contributed by atoms with Gasteiger partial charge in [-0.25, -0.2) is 14.6 Å². The van der Waals surface area contributed by atoms with Crippen molar-refractivity contribution in [1.29, 1.82) is 0 Å². The molecule has 1 aliphatic rings. The summed E-state index contributed by atoms with van der Waals surface area (Å²) in [5.74, 6) is -4.28. The number of likely N-dealkylation sites (tertiary alicyclic amines) is 1. The summed E-state index contributed by atoms with van der Waals surface area (Å²) in [6, 6.07) is 10.7. The number of thiazole rings is 1. The van der Waals surface area contributed by atoms with E-state index in [4.69, 9.17) is 25.7 Å². The second-order valence-corrected chi connectivity index (χ2v) is 23.7. The number of nitrogens with two attached hydrogens (primary N) is 2. The van der Waals surface area contributed by atoms with Gasteiger partial charge in [0.25, 0.3) is 0 Å². The first-order valence-corrected chi connectivity index (χ1v) is 29.8. The number of benzene rings is 2. The van der Waals surface area contributed by atoms with Crippen LogP contribution in [-0.2, 0) is 56.0 Å². The molecule has 83 heavy (non-hydrogen) atoms. The highest BCUT2D eigenvalue weighted by atomic mass is 32.1. The van der Waals surface area contributed by atoms with E-state index in [0.29, 0.717) is 43.5 Å². The molecule has 460 valence electrons. The molecule has 1 saturated heterocycles. The first kappa shape index (κ1) is 69.0. The van der Waals surface area contributed by atoms with E-state index in [-0.39, 0.29) is 67.6 Å². The van der Waals surface area contributed by atoms with Crippen LogP contribution >= 0.6 is 11.3 Å². The van der Waals surface area contributed by atoms with Crippen LogP contribution in [0.1, 0.15) is 123 Å². The number of carbonyl (C=O) groups excluding carboxylic acids is 8. The van der Waals surface area contributed by atoms with E-state index >= 15 is 0 Å². The average molecular weight is 1180 g/mol. The molecule has 1 fully saturated rings. The number of rotatable bonds is 32. The van der Waals surface area contributed by atoms with Crippen LogP contribution in [0.25, 0.3) is 0 Å². The zero-order valence-corrected chi connectivity index (χ0v) is 51.7. The molecule has 11 atom stereocenters. The molecule has 23 heteroatoms. The third-order valence-corrected chi connectivity index (χ3v) is 16.6. The molecule has 0 bridgehead atoms. The third-order valence-electron chi connectivity index (χ3n) is 15.7. The molecule has 3 aromatic rings. The number of urea groups is 1. The molecule has 0 saturated carbocycles. The number of hydrogen-bond acceptors (Lipinski definition) is 15. The van der Waals surface area contributed by atoms with Crippen LogP contribution < -0.4 is 38.1 Å². The number of primary amides is 1. The summed E-state index contributed by atoms with van der Waals surface area (Å²) in [6.07, 6.45) is 2.75. The van der Waals surface area contributed by atoms with Crippen molar-refractivity contribution in [2.24, 2.45) is 41.1 Å². The quantitative estimate of drug-likeness (QED) is 0.0366. The number of ether oxygens (including phenoxy) is 3. The predicted molar refractivity (Wildman–Crippen MR) is 319 cm³/mol. The Morgan fingerprint density at radius 2 is 1.45 bits per heavy atom. The Labute approximate surface area is 494 Å². The first-order chi connectivity index (χ1) is 39.3. The van der Waals surface area contributed by atoms with Crippen molar-refractivity contribution in [2.75, 3.05) is 46.7 Å². The van der Waals surface area contributed by atoms with Crippen molar-refractivity contribution in [2.45, 2.75) is 168 Å². The Hall–Kier alpha value is -6.53. The lowest BCUT2D eigenvalue weighted by molar-refractivity contribution is -0.144. The molecular formula is C60H93N11O11S. The molecular weight excluding hydrogens is 1080 g/mol. The molecule has 22 nitrogen and oxygen atoms in total. The van der Waals surface area contributed by atoms with Gasteiger partial charge in [-0.05, 0) is 86.1 Å². The van der Waals surface area contributed by atoms with E-state index in [9.17, 15) is 38.4 Å². The van der Waals surface area contributed by atoms with Crippen LogP contribution in [0.2, 0.25) is 0 Å². The highest BCUT2D eigenvalue weighted by Crippen LogP contribution is 2.31. The third kappa shape index (κ3) is 20.1. The van der Waals surface area contributed by atoms with Crippen molar-refractivity contribution in [3.8, 4) is 0 Å². The fraction of sp³-hybridized carbons (Fsp3) is 0.617. The monoisotopic (exact) mass is 1180 g/mol. The maximum absolute atomic E-state index is 14.6. The summed E-state index contributed by atoms with van der Waals surface area (Å²) in [5.41, 5.74) is 13.2. The second-order valence-electron chi connectivity index (χ2n) is 22.8. The Morgan fingerprint density at radius 3 is 2.01 bits per heavy atom. The summed E-state index contributed by atoms with van der Waals surface area (Å²) in [7, 11) is 6.35. The molecule has 9 amide bonds. The van der Waals surface area contributed by atoms with Crippen LogP contribution in [0.3, 0.4) is 0 Å². The van der Waals surface area contributed by atoms with Gasteiger partial charge in [0, 0.05) is 57.7 Å². The van der Waals surface area contributed by atoms with Crippen molar-refractivity contribution in [3.05, 3.63) is 82.3 Å². The molecule has 2 aromatic carbocycles. The Balaban J connectivity index is 1.41. The van der Waals surface area contributed by atoms with E-state index in [1.807, 2.05) is 80.1 Å². The molecule has 0 radical (unpaired) electrons. The lowest BCUT2D eigenvalue weighted by Crippen LogP contribution is -2.60. The minimum absolute atomic E-state index is 0.0169. The van der Waals surface area contributed by atoms with Crippen molar-refractivity contribution in [1.82, 2.24) is 41.0 Å². The predicted octanol–water partition coefficient (Wildman–Crippen LogP) is 5.75. The minimum Gasteiger partial charge on any atom is -0.445 e. The SMILES string of the molecule is CC[C@H](C)[C@@H]([C@@H](CC(=O)N1CCC[C@H]1C(OC)C(C)C(=O)N[C@@H](Cc1ccccc1)c1nccs1)OC)N(C)[C@H](C(=O)NC(=O)[C@H](C(C)C)N(C)C(=O)OCc1ccc(NC(=O)[C@H](CCCNC(N)=O)NC(=O)[C@@H](N)C(C)C)cc1)C(C)C. The standard InChI is InChI=1S/C60H93N11O11S/c1-14-38(8)51(46(80-12)33-47(72)71-30-19-23-45(71)52(81-13)39(9)53(73)67-44(58-63-29-31-83-58)32-40-20-16-15-17-21-40)69(10)49(36(4)5)56(76)68-57(77)50(37(6)7)70(11)60(79)82-34-41-24-26-42(27-25-41)65-54(74)43(22-18-28-64-59(62)78)66-55(75)48(61)35(2)3/h15-17,20-21,24-27,29,31,35-39,43-46,48-52H,14,18-19,22-23,28,30,32-34,61H2,1-13H3,(H,65,74)(H,66,75)(H,67,73)(H3,62,64,78)(H,68,76,77)/t38-,39?,43-,44-,45-,46+,48-,49-,50-,51-,52?/m0/s1. The Kier molecular flexibility index (Phi) is 28.0. The number of aromatic nitrogens is 1. The maximum atomic E-state index is 14.6. The lowest BCUT2D eigenvalue weighted by atomic mass is 9.87.